The first kappa shape index (κ1) is 22.9. The highest BCUT2D eigenvalue weighted by Crippen LogP contribution is 2.31. The van der Waals surface area contributed by atoms with Crippen LogP contribution in [0.25, 0.3) is 0 Å². The summed E-state index contributed by atoms with van der Waals surface area (Å²) in [7, 11) is 0. The van der Waals surface area contributed by atoms with Crippen molar-refractivity contribution in [3.05, 3.63) is 29.3 Å². The van der Waals surface area contributed by atoms with E-state index in [9.17, 15) is 19.2 Å². The van der Waals surface area contributed by atoms with Crippen molar-refractivity contribution < 1.29 is 24.3 Å². The molecule has 10 heteroatoms. The zero-order valence-electron chi connectivity index (χ0n) is 19.2. The maximum absolute atomic E-state index is 13.1. The molecule has 2 atom stereocenters. The molecule has 182 valence electrons. The van der Waals surface area contributed by atoms with Crippen LogP contribution in [0.2, 0.25) is 0 Å². The van der Waals surface area contributed by atoms with Gasteiger partial charge in [-0.05, 0) is 43.5 Å². The Morgan fingerprint density at radius 1 is 0.912 bits per heavy atom. The lowest BCUT2D eigenvalue weighted by molar-refractivity contribution is -0.136. The summed E-state index contributed by atoms with van der Waals surface area (Å²) in [6, 6.07) is 4.37. The monoisotopic (exact) mass is 469 g/mol. The van der Waals surface area contributed by atoms with Gasteiger partial charge in [-0.15, -0.1) is 0 Å². The van der Waals surface area contributed by atoms with E-state index in [1.807, 2.05) is 6.07 Å². The molecule has 0 bridgehead atoms. The number of anilines is 1. The third-order valence-corrected chi connectivity index (χ3v) is 7.46. The average Bonchev–Trinajstić information content (AvgIpc) is 3.37. The molecule has 3 fully saturated rings. The molecule has 4 amide bonds. The molecule has 4 heterocycles. The van der Waals surface area contributed by atoms with Gasteiger partial charge < -0.3 is 14.9 Å². The highest BCUT2D eigenvalue weighted by atomic mass is 16.3. The maximum atomic E-state index is 13.1. The lowest BCUT2D eigenvalue weighted by Crippen LogP contribution is -2.54. The number of hydrogen-bond donors (Lipinski definition) is 2. The van der Waals surface area contributed by atoms with Crippen molar-refractivity contribution in [1.29, 1.82) is 0 Å². The molecule has 10 nitrogen and oxygen atoms in total. The van der Waals surface area contributed by atoms with Crippen LogP contribution in [0.4, 0.5) is 5.69 Å². The summed E-state index contributed by atoms with van der Waals surface area (Å²) < 4.78 is 0. The van der Waals surface area contributed by atoms with Crippen LogP contribution in [0.3, 0.4) is 0 Å². The van der Waals surface area contributed by atoms with Crippen LogP contribution in [0.1, 0.15) is 40.0 Å². The molecule has 0 aliphatic carbocycles. The van der Waals surface area contributed by atoms with Crippen molar-refractivity contribution in [2.75, 3.05) is 63.9 Å². The first-order chi connectivity index (χ1) is 16.4. The normalized spacial score (nSPS) is 26.4. The van der Waals surface area contributed by atoms with Gasteiger partial charge in [0.1, 0.15) is 6.04 Å². The van der Waals surface area contributed by atoms with E-state index < -0.39 is 23.8 Å². The quantitative estimate of drug-likeness (QED) is 0.538. The number of piperazine rings is 1. The van der Waals surface area contributed by atoms with Crippen LogP contribution in [-0.2, 0) is 9.59 Å². The zero-order chi connectivity index (χ0) is 23.8. The number of rotatable bonds is 6. The standard InChI is InChI=1S/C24H31N5O5/c30-12-11-26-6-5-16(14-26)15-27-7-9-28(10-8-27)17-1-2-18-19(13-17)24(34)29(23(18)33)20-3-4-21(31)25-22(20)32/h1-2,13,16,20,30H,3-12,14-15H2,(H,25,31,32)/t16-,20?/m1/s1. The molecule has 0 saturated carbocycles. The minimum atomic E-state index is -0.944. The van der Waals surface area contributed by atoms with Crippen molar-refractivity contribution in [1.82, 2.24) is 20.0 Å². The molecule has 2 N–H and O–H groups in total. The fourth-order valence-electron chi connectivity index (χ4n) is 5.62. The minimum absolute atomic E-state index is 0.111. The molecular weight excluding hydrogens is 438 g/mol. The largest absolute Gasteiger partial charge is 0.395 e. The molecule has 4 aliphatic heterocycles. The molecule has 5 rings (SSSR count). The average molecular weight is 470 g/mol. The number of aliphatic hydroxyl groups is 1. The fourth-order valence-corrected chi connectivity index (χ4v) is 5.62. The van der Waals surface area contributed by atoms with E-state index in [4.69, 9.17) is 5.11 Å². The van der Waals surface area contributed by atoms with Gasteiger partial charge in [-0.2, -0.15) is 0 Å². The molecule has 4 aliphatic rings. The summed E-state index contributed by atoms with van der Waals surface area (Å²) in [5, 5.41) is 11.4. The van der Waals surface area contributed by atoms with Gasteiger partial charge in [-0.1, -0.05) is 0 Å². The van der Waals surface area contributed by atoms with Crippen LogP contribution < -0.4 is 10.2 Å². The topological polar surface area (TPSA) is 114 Å². The minimum Gasteiger partial charge on any atom is -0.395 e. The Bertz CT molecular complexity index is 1010. The molecule has 1 unspecified atom stereocenters. The number of fused-ring (bicyclic) bond motifs is 1. The van der Waals surface area contributed by atoms with E-state index in [0.29, 0.717) is 17.0 Å². The van der Waals surface area contributed by atoms with E-state index in [-0.39, 0.29) is 25.4 Å². The van der Waals surface area contributed by atoms with Gasteiger partial charge in [0.25, 0.3) is 11.8 Å². The summed E-state index contributed by atoms with van der Waals surface area (Å²) in [5.74, 6) is -1.28. The zero-order valence-corrected chi connectivity index (χ0v) is 19.2. The van der Waals surface area contributed by atoms with E-state index in [0.717, 1.165) is 62.9 Å². The van der Waals surface area contributed by atoms with E-state index >= 15 is 0 Å². The number of imide groups is 2. The summed E-state index contributed by atoms with van der Waals surface area (Å²) in [4.78, 5) is 57.7. The number of benzene rings is 1. The second kappa shape index (κ2) is 9.44. The molecule has 0 radical (unpaired) electrons. The van der Waals surface area contributed by atoms with Gasteiger partial charge >= 0.3 is 0 Å². The summed E-state index contributed by atoms with van der Waals surface area (Å²) in [5.41, 5.74) is 1.54. The first-order valence-electron chi connectivity index (χ1n) is 12.1. The SMILES string of the molecule is O=C1CCC(N2C(=O)c3ccc(N4CCN(C[C@@H]5CCN(CCO)C5)CC4)cc3C2=O)C(=O)N1. The number of carbonyl (C=O) groups excluding carboxylic acids is 4. The van der Waals surface area contributed by atoms with Crippen LogP contribution >= 0.6 is 0 Å². The number of likely N-dealkylation sites (tertiary alicyclic amines) is 1. The highest BCUT2D eigenvalue weighted by molar-refractivity contribution is 6.23. The molecule has 0 aromatic heterocycles. The summed E-state index contributed by atoms with van der Waals surface area (Å²) in [6.07, 6.45) is 1.44. The van der Waals surface area contributed by atoms with Gasteiger partial charge in [0.2, 0.25) is 11.8 Å². The van der Waals surface area contributed by atoms with Gasteiger partial charge in [-0.3, -0.25) is 34.3 Å². The van der Waals surface area contributed by atoms with Crippen molar-refractivity contribution in [3.63, 3.8) is 0 Å². The second-order valence-corrected chi connectivity index (χ2v) is 9.64. The van der Waals surface area contributed by atoms with Crippen LogP contribution in [0.5, 0.6) is 0 Å². The third-order valence-electron chi connectivity index (χ3n) is 7.46. The van der Waals surface area contributed by atoms with Gasteiger partial charge in [-0.25, -0.2) is 0 Å². The third kappa shape index (κ3) is 4.33. The Balaban J connectivity index is 1.21. The van der Waals surface area contributed by atoms with Gasteiger partial charge in [0, 0.05) is 57.9 Å². The second-order valence-electron chi connectivity index (χ2n) is 9.64. The fraction of sp³-hybridized carbons (Fsp3) is 0.583. The van der Waals surface area contributed by atoms with E-state index in [2.05, 4.69) is 20.0 Å². The number of carbonyl (C=O) groups is 4. The van der Waals surface area contributed by atoms with Crippen LogP contribution in [0.15, 0.2) is 18.2 Å². The van der Waals surface area contributed by atoms with Crippen molar-refractivity contribution in [2.24, 2.45) is 5.92 Å². The van der Waals surface area contributed by atoms with Crippen molar-refractivity contribution >= 4 is 29.3 Å². The summed E-state index contributed by atoms with van der Waals surface area (Å²) >= 11 is 0. The number of aliphatic hydroxyl groups excluding tert-OH is 1. The predicted octanol–water partition coefficient (Wildman–Crippen LogP) is -0.476. The van der Waals surface area contributed by atoms with Crippen molar-refractivity contribution in [3.8, 4) is 0 Å². The molecule has 1 aromatic rings. The molecule has 3 saturated heterocycles. The van der Waals surface area contributed by atoms with Gasteiger partial charge in [0.15, 0.2) is 0 Å². The Labute approximate surface area is 198 Å². The highest BCUT2D eigenvalue weighted by Gasteiger charge is 2.44. The Hall–Kier alpha value is -2.82. The Kier molecular flexibility index (Phi) is 6.37. The number of amides is 4. The van der Waals surface area contributed by atoms with Crippen molar-refractivity contribution in [2.45, 2.75) is 25.3 Å². The number of piperidine rings is 1. The van der Waals surface area contributed by atoms with E-state index in [1.54, 1.807) is 12.1 Å². The number of β-amino-alcohol motifs (C(OH)–C–C–N with tert-alkyl or cyclic N) is 1. The smallest absolute Gasteiger partial charge is 0.262 e. The number of nitrogens with zero attached hydrogens (tertiary/aromatic N) is 4. The lowest BCUT2D eigenvalue weighted by atomic mass is 10.0. The first-order valence-corrected chi connectivity index (χ1v) is 12.1. The molecule has 34 heavy (non-hydrogen) atoms. The van der Waals surface area contributed by atoms with Crippen LogP contribution in [0, 0.1) is 5.92 Å². The van der Waals surface area contributed by atoms with Gasteiger partial charge in [0.05, 0.1) is 17.7 Å². The lowest BCUT2D eigenvalue weighted by Gasteiger charge is -2.37. The molecule has 0 spiro atoms. The Morgan fingerprint density at radius 3 is 2.41 bits per heavy atom. The van der Waals surface area contributed by atoms with Crippen LogP contribution in [-0.4, -0.2) is 108 Å². The number of hydrogen-bond acceptors (Lipinski definition) is 8. The Morgan fingerprint density at radius 2 is 1.68 bits per heavy atom. The number of nitrogens with one attached hydrogen (secondary N) is 1. The molecule has 1 aromatic carbocycles. The summed E-state index contributed by atoms with van der Waals surface area (Å²) in [6.45, 7) is 7.68. The predicted molar refractivity (Wildman–Crippen MR) is 123 cm³/mol. The van der Waals surface area contributed by atoms with E-state index in [1.165, 1.54) is 6.42 Å². The maximum Gasteiger partial charge on any atom is 0.262 e. The molecular formula is C24H31N5O5.